The summed E-state index contributed by atoms with van der Waals surface area (Å²) in [7, 11) is -3.04. The van der Waals surface area contributed by atoms with Gasteiger partial charge in [-0.25, -0.2) is 8.42 Å². The molecule has 7 nitrogen and oxygen atoms in total. The van der Waals surface area contributed by atoms with Crippen molar-refractivity contribution in [3.05, 3.63) is 0 Å². The first-order valence-electron chi connectivity index (χ1n) is 4.65. The summed E-state index contributed by atoms with van der Waals surface area (Å²) in [6, 6.07) is -1.10. The Balaban J connectivity index is 3.77. The van der Waals surface area contributed by atoms with Gasteiger partial charge < -0.3 is 16.2 Å². The average Bonchev–Trinajstić information content (AvgIpc) is 2.09. The average molecular weight is 252 g/mol. The van der Waals surface area contributed by atoms with Crippen LogP contribution in [0.3, 0.4) is 0 Å². The second-order valence-electron chi connectivity index (χ2n) is 3.48. The number of carbonyl (C=O) groups excluding carboxylic acids is 1. The quantitative estimate of drug-likeness (QED) is 0.465. The van der Waals surface area contributed by atoms with Crippen molar-refractivity contribution in [2.24, 2.45) is 5.73 Å². The molecule has 4 N–H and O–H groups in total. The van der Waals surface area contributed by atoms with Gasteiger partial charge in [0.2, 0.25) is 5.91 Å². The number of carbonyl (C=O) groups is 2. The van der Waals surface area contributed by atoms with Crippen molar-refractivity contribution in [3.8, 4) is 0 Å². The predicted molar refractivity (Wildman–Crippen MR) is 57.6 cm³/mol. The Morgan fingerprint density at radius 1 is 1.44 bits per heavy atom. The third-order valence-electron chi connectivity index (χ3n) is 1.72. The van der Waals surface area contributed by atoms with Gasteiger partial charge in [0.15, 0.2) is 0 Å². The van der Waals surface area contributed by atoms with Crippen LogP contribution < -0.4 is 11.1 Å². The molecular weight excluding hydrogens is 236 g/mol. The third-order valence-corrected chi connectivity index (χ3v) is 2.75. The van der Waals surface area contributed by atoms with Gasteiger partial charge in [-0.05, 0) is 6.42 Å². The molecule has 94 valence electrons. The highest BCUT2D eigenvalue weighted by atomic mass is 32.2. The van der Waals surface area contributed by atoms with E-state index in [-0.39, 0.29) is 18.7 Å². The summed E-state index contributed by atoms with van der Waals surface area (Å²) in [4.78, 5) is 21.4. The van der Waals surface area contributed by atoms with Gasteiger partial charge in [0, 0.05) is 12.8 Å². The molecule has 0 bridgehead atoms. The molecule has 0 aromatic heterocycles. The second kappa shape index (κ2) is 6.44. The molecule has 8 heteroatoms. The Kier molecular flexibility index (Phi) is 5.97. The van der Waals surface area contributed by atoms with E-state index < -0.39 is 34.2 Å². The molecule has 0 aliphatic rings. The lowest BCUT2D eigenvalue weighted by molar-refractivity contribution is -0.139. The van der Waals surface area contributed by atoms with Gasteiger partial charge in [-0.15, -0.1) is 0 Å². The topological polar surface area (TPSA) is 127 Å². The highest BCUT2D eigenvalue weighted by Crippen LogP contribution is 1.90. The zero-order valence-electron chi connectivity index (χ0n) is 8.97. The molecule has 1 unspecified atom stereocenters. The van der Waals surface area contributed by atoms with E-state index in [1.54, 1.807) is 0 Å². The summed E-state index contributed by atoms with van der Waals surface area (Å²) in [5.74, 6) is -1.77. The van der Waals surface area contributed by atoms with Crippen molar-refractivity contribution in [2.45, 2.75) is 18.9 Å². The normalized spacial score (nSPS) is 13.1. The molecule has 0 heterocycles. The number of rotatable bonds is 7. The van der Waals surface area contributed by atoms with Crippen LogP contribution in [0, 0.1) is 0 Å². The number of aliphatic carboxylic acids is 1. The zero-order valence-corrected chi connectivity index (χ0v) is 9.79. The molecule has 0 rings (SSSR count). The van der Waals surface area contributed by atoms with E-state index in [1.165, 1.54) is 0 Å². The van der Waals surface area contributed by atoms with Gasteiger partial charge in [-0.1, -0.05) is 0 Å². The van der Waals surface area contributed by atoms with E-state index in [4.69, 9.17) is 10.8 Å². The van der Waals surface area contributed by atoms with E-state index in [0.717, 1.165) is 6.26 Å². The Bertz CT molecular complexity index is 351. The minimum Gasteiger partial charge on any atom is -0.481 e. The van der Waals surface area contributed by atoms with Gasteiger partial charge in [-0.3, -0.25) is 9.59 Å². The van der Waals surface area contributed by atoms with E-state index in [0.29, 0.717) is 0 Å². The van der Waals surface area contributed by atoms with Gasteiger partial charge >= 0.3 is 5.97 Å². The van der Waals surface area contributed by atoms with E-state index in [9.17, 15) is 18.0 Å². The van der Waals surface area contributed by atoms with Gasteiger partial charge in [0.25, 0.3) is 0 Å². The molecular formula is C8H16N2O5S. The van der Waals surface area contributed by atoms with Crippen LogP contribution in [0.15, 0.2) is 0 Å². The molecule has 16 heavy (non-hydrogen) atoms. The monoisotopic (exact) mass is 252 g/mol. The summed E-state index contributed by atoms with van der Waals surface area (Å²) in [5.41, 5.74) is 5.28. The molecule has 0 saturated heterocycles. The van der Waals surface area contributed by atoms with Gasteiger partial charge in [0.1, 0.15) is 9.84 Å². The van der Waals surface area contributed by atoms with Crippen LogP contribution >= 0.6 is 0 Å². The number of hydrogen-bond acceptors (Lipinski definition) is 5. The molecule has 0 radical (unpaired) electrons. The van der Waals surface area contributed by atoms with E-state index in [1.807, 2.05) is 0 Å². The van der Waals surface area contributed by atoms with Crippen LogP contribution in [-0.4, -0.2) is 50.0 Å². The molecule has 0 aromatic rings. The summed E-state index contributed by atoms with van der Waals surface area (Å²) in [6.45, 7) is 0.166. The van der Waals surface area contributed by atoms with Crippen molar-refractivity contribution in [2.75, 3.05) is 18.6 Å². The fourth-order valence-electron chi connectivity index (χ4n) is 0.958. The summed E-state index contributed by atoms with van der Waals surface area (Å²) >= 11 is 0. The summed E-state index contributed by atoms with van der Waals surface area (Å²) in [5, 5.41) is 10.7. The Morgan fingerprint density at radius 3 is 2.44 bits per heavy atom. The number of carboxylic acids is 1. The maximum atomic E-state index is 11.2. The minimum absolute atomic E-state index is 0.0263. The largest absolute Gasteiger partial charge is 0.481 e. The molecule has 1 amide bonds. The number of amides is 1. The van der Waals surface area contributed by atoms with Crippen LogP contribution in [0.25, 0.3) is 0 Å². The van der Waals surface area contributed by atoms with Crippen LogP contribution in [0.1, 0.15) is 12.8 Å². The molecule has 0 spiro atoms. The molecule has 0 aromatic carbocycles. The smallest absolute Gasteiger partial charge is 0.305 e. The second-order valence-corrected chi connectivity index (χ2v) is 5.74. The number of carboxylic acid groups (broad SMARTS) is 1. The van der Waals surface area contributed by atoms with E-state index in [2.05, 4.69) is 5.32 Å². The first-order chi connectivity index (χ1) is 7.22. The number of nitrogens with one attached hydrogen (secondary N) is 1. The molecule has 1 atom stereocenters. The molecule has 0 aliphatic carbocycles. The Morgan fingerprint density at radius 2 is 2.00 bits per heavy atom. The maximum absolute atomic E-state index is 11.2. The van der Waals surface area contributed by atoms with Crippen molar-refractivity contribution in [1.29, 1.82) is 0 Å². The van der Waals surface area contributed by atoms with Crippen molar-refractivity contribution >= 4 is 21.7 Å². The lowest BCUT2D eigenvalue weighted by atomic mass is 10.2. The number of nitrogens with two attached hydrogens (primary N) is 1. The van der Waals surface area contributed by atoms with Crippen molar-refractivity contribution < 1.29 is 23.1 Å². The van der Waals surface area contributed by atoms with Crippen LogP contribution in [0.5, 0.6) is 0 Å². The predicted octanol–water partition coefficient (Wildman–Crippen LogP) is -1.66. The Hall–Kier alpha value is -1.15. The summed E-state index contributed by atoms with van der Waals surface area (Å²) < 4.78 is 21.5. The third kappa shape index (κ3) is 8.18. The fraction of sp³-hybridized carbons (Fsp3) is 0.750. The first-order valence-corrected chi connectivity index (χ1v) is 6.71. The van der Waals surface area contributed by atoms with Gasteiger partial charge in [0.05, 0.1) is 18.2 Å². The highest BCUT2D eigenvalue weighted by Gasteiger charge is 2.16. The molecule has 0 fully saturated rings. The van der Waals surface area contributed by atoms with Crippen LogP contribution in [0.2, 0.25) is 0 Å². The molecule has 0 saturated carbocycles. The first kappa shape index (κ1) is 14.8. The number of sulfone groups is 1. The minimum atomic E-state index is -3.04. The fourth-order valence-corrected chi connectivity index (χ4v) is 1.63. The highest BCUT2D eigenvalue weighted by molar-refractivity contribution is 7.90. The van der Waals surface area contributed by atoms with Crippen LogP contribution in [0.4, 0.5) is 0 Å². The van der Waals surface area contributed by atoms with Crippen LogP contribution in [-0.2, 0) is 19.4 Å². The number of hydrogen-bond donors (Lipinski definition) is 3. The lowest BCUT2D eigenvalue weighted by Gasteiger charge is -2.09. The Labute approximate surface area is 93.9 Å². The lowest BCUT2D eigenvalue weighted by Crippen LogP contribution is -2.42. The SMILES string of the molecule is CS(=O)(=O)CCCNC(=O)C(N)CC(=O)O. The van der Waals surface area contributed by atoms with Crippen molar-refractivity contribution in [1.82, 2.24) is 5.32 Å². The molecule has 0 aliphatic heterocycles. The maximum Gasteiger partial charge on any atom is 0.305 e. The zero-order chi connectivity index (χ0) is 12.8. The van der Waals surface area contributed by atoms with Crippen molar-refractivity contribution in [3.63, 3.8) is 0 Å². The van der Waals surface area contributed by atoms with E-state index >= 15 is 0 Å². The van der Waals surface area contributed by atoms with Gasteiger partial charge in [-0.2, -0.15) is 0 Å². The summed E-state index contributed by atoms with van der Waals surface area (Å²) in [6.07, 6.45) is 0.938. The standard InChI is InChI=1S/C8H16N2O5S/c1-16(14,15)4-2-3-10-8(13)6(9)5-7(11)12/h6H,2-5,9H2,1H3,(H,10,13)(H,11,12).